The quantitative estimate of drug-likeness (QED) is 0.820. The average molecular weight is 345 g/mol. The van der Waals surface area contributed by atoms with Crippen molar-refractivity contribution in [3.63, 3.8) is 0 Å². The maximum atomic E-state index is 12.5. The van der Waals surface area contributed by atoms with Gasteiger partial charge in [0.05, 0.1) is 6.54 Å². The molecule has 3 rings (SSSR count). The van der Waals surface area contributed by atoms with Gasteiger partial charge in [0.1, 0.15) is 0 Å². The van der Waals surface area contributed by atoms with Crippen LogP contribution < -0.4 is 11.1 Å². The fourth-order valence-corrected chi connectivity index (χ4v) is 4.08. The Morgan fingerprint density at radius 2 is 1.96 bits per heavy atom. The molecule has 2 heterocycles. The normalized spacial score (nSPS) is 26.5. The number of carbonyl (C=O) groups is 1. The molecule has 2 aliphatic rings. The molecule has 2 saturated heterocycles. The molecule has 0 aromatic heterocycles. The molecule has 1 aromatic rings. The minimum absolute atomic E-state index is 0.00798. The van der Waals surface area contributed by atoms with Crippen LogP contribution in [0.3, 0.4) is 0 Å². The molecular formula is C20H31N3O2. The average Bonchev–Trinajstić information content (AvgIpc) is 3.03. The molecule has 3 N–H and O–H groups in total. The van der Waals surface area contributed by atoms with Crippen LogP contribution in [-0.4, -0.2) is 56.7 Å². The maximum Gasteiger partial charge on any atom is 0.234 e. The van der Waals surface area contributed by atoms with Gasteiger partial charge in [-0.2, -0.15) is 0 Å². The first-order valence-corrected chi connectivity index (χ1v) is 9.38. The van der Waals surface area contributed by atoms with Crippen LogP contribution >= 0.6 is 0 Å². The predicted molar refractivity (Wildman–Crippen MR) is 99.4 cm³/mol. The maximum absolute atomic E-state index is 12.5. The van der Waals surface area contributed by atoms with Crippen molar-refractivity contribution in [1.82, 2.24) is 10.2 Å². The van der Waals surface area contributed by atoms with E-state index in [1.165, 1.54) is 5.56 Å². The zero-order chi connectivity index (χ0) is 17.8. The zero-order valence-corrected chi connectivity index (χ0v) is 15.3. The second-order valence-corrected chi connectivity index (χ2v) is 8.01. The summed E-state index contributed by atoms with van der Waals surface area (Å²) in [6, 6.07) is 10.5. The highest BCUT2D eigenvalue weighted by molar-refractivity contribution is 5.78. The fourth-order valence-electron chi connectivity index (χ4n) is 4.08. The number of nitrogens with two attached hydrogens (primary N) is 1. The molecule has 1 atom stereocenters. The predicted octanol–water partition coefficient (Wildman–Crippen LogP) is 1.52. The molecule has 0 aliphatic carbocycles. The monoisotopic (exact) mass is 345 g/mol. The summed E-state index contributed by atoms with van der Waals surface area (Å²) < 4.78 is 5.56. The van der Waals surface area contributed by atoms with Gasteiger partial charge in [-0.05, 0) is 43.3 Å². The van der Waals surface area contributed by atoms with Gasteiger partial charge in [-0.25, -0.2) is 0 Å². The van der Waals surface area contributed by atoms with Gasteiger partial charge in [0.25, 0.3) is 0 Å². The molecule has 1 unspecified atom stereocenters. The number of carbonyl (C=O) groups excluding carboxylic acids is 1. The highest BCUT2D eigenvalue weighted by Crippen LogP contribution is 2.34. The van der Waals surface area contributed by atoms with Crippen molar-refractivity contribution >= 4 is 5.91 Å². The van der Waals surface area contributed by atoms with Gasteiger partial charge in [0, 0.05) is 31.7 Å². The molecule has 0 saturated carbocycles. The zero-order valence-electron chi connectivity index (χ0n) is 15.3. The summed E-state index contributed by atoms with van der Waals surface area (Å²) in [5.74, 6) is 0.114. The van der Waals surface area contributed by atoms with Gasteiger partial charge in [-0.3, -0.25) is 9.69 Å². The number of nitrogens with one attached hydrogen (secondary N) is 1. The summed E-state index contributed by atoms with van der Waals surface area (Å²) in [6.45, 7) is 7.42. The molecule has 2 fully saturated rings. The Balaban J connectivity index is 1.57. The van der Waals surface area contributed by atoms with Crippen molar-refractivity contribution in [2.75, 3.05) is 45.9 Å². The molecule has 1 aromatic carbocycles. The van der Waals surface area contributed by atoms with E-state index in [4.69, 9.17) is 10.5 Å². The van der Waals surface area contributed by atoms with Crippen molar-refractivity contribution < 1.29 is 9.53 Å². The minimum atomic E-state index is -0.00798. The largest absolute Gasteiger partial charge is 0.381 e. The van der Waals surface area contributed by atoms with Crippen LogP contribution in [0.1, 0.15) is 31.7 Å². The molecule has 138 valence electrons. The summed E-state index contributed by atoms with van der Waals surface area (Å²) in [6.07, 6.45) is 2.97. The van der Waals surface area contributed by atoms with E-state index in [1.807, 2.05) is 6.07 Å². The van der Waals surface area contributed by atoms with E-state index in [2.05, 4.69) is 41.4 Å². The van der Waals surface area contributed by atoms with Gasteiger partial charge in [0.15, 0.2) is 0 Å². The molecule has 2 aliphatic heterocycles. The number of amides is 1. The van der Waals surface area contributed by atoms with Crippen LogP contribution in [0.5, 0.6) is 0 Å². The van der Waals surface area contributed by atoms with Crippen LogP contribution in [0.4, 0.5) is 0 Å². The van der Waals surface area contributed by atoms with E-state index >= 15 is 0 Å². The molecule has 0 radical (unpaired) electrons. The minimum Gasteiger partial charge on any atom is -0.381 e. The smallest absolute Gasteiger partial charge is 0.234 e. The lowest BCUT2D eigenvalue weighted by molar-refractivity contribution is -0.122. The number of hydrogen-bond donors (Lipinski definition) is 2. The number of rotatable bonds is 6. The number of benzene rings is 1. The Kier molecular flexibility index (Phi) is 5.77. The molecule has 0 bridgehead atoms. The number of ether oxygens (including phenoxy) is 1. The fraction of sp³-hybridized carbons (Fsp3) is 0.650. The van der Waals surface area contributed by atoms with Gasteiger partial charge < -0.3 is 15.8 Å². The van der Waals surface area contributed by atoms with Crippen molar-refractivity contribution in [2.45, 2.75) is 31.6 Å². The molecular weight excluding hydrogens is 314 g/mol. The topological polar surface area (TPSA) is 67.6 Å². The van der Waals surface area contributed by atoms with Crippen LogP contribution in [0, 0.1) is 5.41 Å². The van der Waals surface area contributed by atoms with Gasteiger partial charge in [-0.15, -0.1) is 0 Å². The highest BCUT2D eigenvalue weighted by Gasteiger charge is 2.36. The SMILES string of the molecule is CC1(CN)CCN(CC(=O)NCC2(c3ccccc3)CCOCC2)C1. The Labute approximate surface area is 150 Å². The van der Waals surface area contributed by atoms with Crippen LogP contribution in [0.2, 0.25) is 0 Å². The molecule has 5 nitrogen and oxygen atoms in total. The first kappa shape index (κ1) is 18.4. The summed E-state index contributed by atoms with van der Waals surface area (Å²) in [7, 11) is 0. The second-order valence-electron chi connectivity index (χ2n) is 8.01. The first-order valence-electron chi connectivity index (χ1n) is 9.38. The Morgan fingerprint density at radius 1 is 1.24 bits per heavy atom. The van der Waals surface area contributed by atoms with Gasteiger partial charge in [-0.1, -0.05) is 37.3 Å². The summed E-state index contributed by atoms with van der Waals surface area (Å²) in [5, 5.41) is 3.20. The molecule has 5 heteroatoms. The Bertz CT molecular complexity index is 572. The lowest BCUT2D eigenvalue weighted by atomic mass is 9.74. The Morgan fingerprint density at radius 3 is 2.60 bits per heavy atom. The van der Waals surface area contributed by atoms with Crippen LogP contribution in [0.25, 0.3) is 0 Å². The third-order valence-corrected chi connectivity index (χ3v) is 5.96. The Hall–Kier alpha value is -1.43. The van der Waals surface area contributed by atoms with E-state index in [0.717, 1.165) is 45.6 Å². The third kappa shape index (κ3) is 4.40. The highest BCUT2D eigenvalue weighted by atomic mass is 16.5. The lowest BCUT2D eigenvalue weighted by Gasteiger charge is -2.38. The first-order chi connectivity index (χ1) is 12.1. The molecule has 1 amide bonds. The molecule has 25 heavy (non-hydrogen) atoms. The molecule has 0 spiro atoms. The third-order valence-electron chi connectivity index (χ3n) is 5.96. The second kappa shape index (κ2) is 7.85. The lowest BCUT2D eigenvalue weighted by Crippen LogP contribution is -2.47. The summed E-state index contributed by atoms with van der Waals surface area (Å²) >= 11 is 0. The van der Waals surface area contributed by atoms with Crippen molar-refractivity contribution in [3.05, 3.63) is 35.9 Å². The summed E-state index contributed by atoms with van der Waals surface area (Å²) in [5.41, 5.74) is 7.31. The number of hydrogen-bond acceptors (Lipinski definition) is 4. The number of likely N-dealkylation sites (tertiary alicyclic amines) is 1. The van der Waals surface area contributed by atoms with E-state index in [1.54, 1.807) is 0 Å². The summed E-state index contributed by atoms with van der Waals surface area (Å²) in [4.78, 5) is 14.7. The van der Waals surface area contributed by atoms with Gasteiger partial charge in [0.2, 0.25) is 5.91 Å². The van der Waals surface area contributed by atoms with Crippen LogP contribution in [-0.2, 0) is 14.9 Å². The van der Waals surface area contributed by atoms with E-state index < -0.39 is 0 Å². The van der Waals surface area contributed by atoms with E-state index in [0.29, 0.717) is 19.6 Å². The standard InChI is InChI=1S/C20H31N3O2/c1-19(14-21)7-10-23(16-19)13-18(24)22-15-20(8-11-25-12-9-20)17-5-3-2-4-6-17/h2-6H,7-16,21H2,1H3,(H,22,24). The van der Waals surface area contributed by atoms with Crippen LogP contribution in [0.15, 0.2) is 30.3 Å². The van der Waals surface area contributed by atoms with E-state index in [9.17, 15) is 4.79 Å². The van der Waals surface area contributed by atoms with E-state index in [-0.39, 0.29) is 16.7 Å². The van der Waals surface area contributed by atoms with Crippen molar-refractivity contribution in [2.24, 2.45) is 11.1 Å². The van der Waals surface area contributed by atoms with Gasteiger partial charge >= 0.3 is 0 Å². The van der Waals surface area contributed by atoms with Crippen molar-refractivity contribution in [3.8, 4) is 0 Å². The van der Waals surface area contributed by atoms with Crippen molar-refractivity contribution in [1.29, 1.82) is 0 Å². The number of nitrogens with zero attached hydrogens (tertiary/aromatic N) is 1.